The average Bonchev–Trinajstić information content (AvgIpc) is 2.20. The summed E-state index contributed by atoms with van der Waals surface area (Å²) in [6, 6.07) is 9.68. The number of carboxylic acids is 1. The van der Waals surface area contributed by atoms with Crippen molar-refractivity contribution in [2.45, 2.75) is 0 Å². The summed E-state index contributed by atoms with van der Waals surface area (Å²) in [5.74, 6) is -0.0579. The molecule has 0 saturated carbocycles. The van der Waals surface area contributed by atoms with Crippen LogP contribution < -0.4 is 10.5 Å². The quantitative estimate of drug-likeness (QED) is 0.708. The molecule has 3 N–H and O–H groups in total. The van der Waals surface area contributed by atoms with E-state index in [2.05, 4.69) is 5.73 Å². The van der Waals surface area contributed by atoms with E-state index in [1.54, 1.807) is 7.11 Å². The molecule has 0 radical (unpaired) electrons. The number of benzene rings is 1. The van der Waals surface area contributed by atoms with Crippen molar-refractivity contribution >= 4 is 5.97 Å². The van der Waals surface area contributed by atoms with Gasteiger partial charge in [-0.1, -0.05) is 18.2 Å². The summed E-state index contributed by atoms with van der Waals surface area (Å²) in [7, 11) is 1.66. The first-order valence-corrected chi connectivity index (χ1v) is 3.71. The third-order valence-electron chi connectivity index (χ3n) is 1.15. The summed E-state index contributed by atoms with van der Waals surface area (Å²) in [6.07, 6.45) is 0. The van der Waals surface area contributed by atoms with Crippen molar-refractivity contribution < 1.29 is 14.6 Å². The fourth-order valence-corrected chi connectivity index (χ4v) is 0.557. The minimum Gasteiger partial charge on any atom is -0.497 e. The maximum atomic E-state index is 9.24. The molecule has 0 unspecified atom stereocenters. The van der Waals surface area contributed by atoms with Crippen LogP contribution >= 0.6 is 0 Å². The molecule has 0 bridgehead atoms. The van der Waals surface area contributed by atoms with E-state index in [1.807, 2.05) is 30.3 Å². The van der Waals surface area contributed by atoms with E-state index in [1.165, 1.54) is 0 Å². The van der Waals surface area contributed by atoms with Crippen LogP contribution in [-0.2, 0) is 4.79 Å². The Hall–Kier alpha value is -1.55. The first kappa shape index (κ1) is 11.4. The highest BCUT2D eigenvalue weighted by Gasteiger charge is 1.81. The van der Waals surface area contributed by atoms with Gasteiger partial charge < -0.3 is 15.6 Å². The smallest absolute Gasteiger partial charge is 0.317 e. The van der Waals surface area contributed by atoms with Gasteiger partial charge in [-0.15, -0.1) is 0 Å². The molecule has 13 heavy (non-hydrogen) atoms. The van der Waals surface area contributed by atoms with Gasteiger partial charge in [0.2, 0.25) is 0 Å². The predicted molar refractivity (Wildman–Crippen MR) is 49.7 cm³/mol. The normalized spacial score (nSPS) is 8.15. The van der Waals surface area contributed by atoms with Gasteiger partial charge in [-0.2, -0.15) is 0 Å². The molecule has 0 saturated heterocycles. The van der Waals surface area contributed by atoms with Crippen LogP contribution in [0.3, 0.4) is 0 Å². The lowest BCUT2D eigenvalue weighted by atomic mass is 10.3. The van der Waals surface area contributed by atoms with Crippen molar-refractivity contribution in [3.63, 3.8) is 0 Å². The van der Waals surface area contributed by atoms with Gasteiger partial charge >= 0.3 is 5.97 Å². The van der Waals surface area contributed by atoms with E-state index in [0.29, 0.717) is 0 Å². The number of carbonyl (C=O) groups is 1. The molecule has 0 aliphatic carbocycles. The summed E-state index contributed by atoms with van der Waals surface area (Å²) in [5, 5.41) is 7.60. The number of hydrogen-bond donors (Lipinski definition) is 2. The average molecular weight is 183 g/mol. The molecule has 1 rings (SSSR count). The standard InChI is InChI=1S/C7H8O.C2H5NO2/c1-8-7-5-3-2-4-6-7;3-1-2(4)5/h2-6H,1H3;1,3H2,(H,4,5). The van der Waals surface area contributed by atoms with Gasteiger partial charge in [0.1, 0.15) is 5.75 Å². The molecule has 0 aliphatic heterocycles. The summed E-state index contributed by atoms with van der Waals surface area (Å²) < 4.78 is 4.91. The van der Waals surface area contributed by atoms with Gasteiger partial charge in [0.05, 0.1) is 13.7 Å². The number of rotatable bonds is 2. The zero-order chi connectivity index (χ0) is 10.1. The molecule has 1 aromatic rings. The van der Waals surface area contributed by atoms with Crippen LogP contribution in [0, 0.1) is 0 Å². The highest BCUT2D eigenvalue weighted by molar-refractivity contribution is 5.68. The van der Waals surface area contributed by atoms with E-state index in [4.69, 9.17) is 9.84 Å². The Balaban J connectivity index is 0.000000252. The van der Waals surface area contributed by atoms with Crippen molar-refractivity contribution in [1.29, 1.82) is 0 Å². The minimum absolute atomic E-state index is 0.278. The maximum absolute atomic E-state index is 9.24. The number of hydrogen-bond acceptors (Lipinski definition) is 3. The number of methoxy groups -OCH3 is 1. The van der Waals surface area contributed by atoms with Gasteiger partial charge in [0, 0.05) is 0 Å². The van der Waals surface area contributed by atoms with Gasteiger partial charge in [0.25, 0.3) is 0 Å². The molecule has 1 aromatic carbocycles. The number of carboxylic acid groups (broad SMARTS) is 1. The van der Waals surface area contributed by atoms with Crippen LogP contribution in [-0.4, -0.2) is 24.7 Å². The molecule has 0 amide bonds. The summed E-state index contributed by atoms with van der Waals surface area (Å²) in [5.41, 5.74) is 4.57. The van der Waals surface area contributed by atoms with Crippen LogP contribution in [0.15, 0.2) is 30.3 Å². The fraction of sp³-hybridized carbons (Fsp3) is 0.222. The van der Waals surface area contributed by atoms with Crippen molar-refractivity contribution in [3.8, 4) is 5.75 Å². The Kier molecular flexibility index (Phi) is 6.27. The van der Waals surface area contributed by atoms with E-state index < -0.39 is 5.97 Å². The lowest BCUT2D eigenvalue weighted by molar-refractivity contribution is -0.135. The van der Waals surface area contributed by atoms with E-state index >= 15 is 0 Å². The monoisotopic (exact) mass is 183 g/mol. The summed E-state index contributed by atoms with van der Waals surface area (Å²) >= 11 is 0. The first-order chi connectivity index (χ1) is 6.20. The lowest BCUT2D eigenvalue weighted by Gasteiger charge is -1.93. The molecule has 4 heteroatoms. The second-order valence-electron chi connectivity index (χ2n) is 2.12. The molecule has 0 aromatic heterocycles. The van der Waals surface area contributed by atoms with Crippen molar-refractivity contribution in [2.24, 2.45) is 5.73 Å². The molecular formula is C9H13NO3. The van der Waals surface area contributed by atoms with Gasteiger partial charge in [-0.05, 0) is 12.1 Å². The Morgan fingerprint density at radius 2 is 1.92 bits per heavy atom. The summed E-state index contributed by atoms with van der Waals surface area (Å²) in [6.45, 7) is -0.278. The molecule has 0 aliphatic rings. The highest BCUT2D eigenvalue weighted by Crippen LogP contribution is 2.05. The second kappa shape index (κ2) is 7.12. The molecule has 0 heterocycles. The van der Waals surface area contributed by atoms with Crippen LogP contribution in [0.4, 0.5) is 0 Å². The Labute approximate surface area is 76.9 Å². The van der Waals surface area contributed by atoms with Crippen molar-refractivity contribution in [3.05, 3.63) is 30.3 Å². The topological polar surface area (TPSA) is 72.5 Å². The third-order valence-corrected chi connectivity index (χ3v) is 1.15. The van der Waals surface area contributed by atoms with Crippen LogP contribution in [0.2, 0.25) is 0 Å². The van der Waals surface area contributed by atoms with E-state index in [9.17, 15) is 4.79 Å². The largest absolute Gasteiger partial charge is 0.497 e. The minimum atomic E-state index is -0.968. The Bertz CT molecular complexity index is 236. The van der Waals surface area contributed by atoms with Gasteiger partial charge in [-0.25, -0.2) is 0 Å². The predicted octanol–water partition coefficient (Wildman–Crippen LogP) is 0.725. The zero-order valence-corrected chi connectivity index (χ0v) is 7.43. The molecule has 0 spiro atoms. The number of aliphatic carboxylic acids is 1. The maximum Gasteiger partial charge on any atom is 0.317 e. The number of nitrogens with two attached hydrogens (primary N) is 1. The molecule has 4 nitrogen and oxygen atoms in total. The first-order valence-electron chi connectivity index (χ1n) is 3.71. The second-order valence-corrected chi connectivity index (χ2v) is 2.12. The summed E-state index contributed by atoms with van der Waals surface area (Å²) in [4.78, 5) is 9.24. The Morgan fingerprint density at radius 1 is 1.46 bits per heavy atom. The fourth-order valence-electron chi connectivity index (χ4n) is 0.557. The van der Waals surface area contributed by atoms with Gasteiger partial charge in [-0.3, -0.25) is 4.79 Å². The lowest BCUT2D eigenvalue weighted by Crippen LogP contribution is -2.10. The highest BCUT2D eigenvalue weighted by atomic mass is 16.5. The van der Waals surface area contributed by atoms with E-state index in [0.717, 1.165) is 5.75 Å². The molecule has 72 valence electrons. The number of ether oxygens (including phenoxy) is 1. The van der Waals surface area contributed by atoms with Crippen molar-refractivity contribution in [2.75, 3.05) is 13.7 Å². The molecule has 0 fully saturated rings. The van der Waals surface area contributed by atoms with Crippen LogP contribution in [0.25, 0.3) is 0 Å². The van der Waals surface area contributed by atoms with Crippen LogP contribution in [0.5, 0.6) is 5.75 Å². The zero-order valence-electron chi connectivity index (χ0n) is 7.43. The SMILES string of the molecule is COc1ccccc1.NCC(=O)O. The van der Waals surface area contributed by atoms with Gasteiger partial charge in [0.15, 0.2) is 0 Å². The third kappa shape index (κ3) is 6.83. The van der Waals surface area contributed by atoms with Crippen LogP contribution in [0.1, 0.15) is 0 Å². The van der Waals surface area contributed by atoms with Crippen molar-refractivity contribution in [1.82, 2.24) is 0 Å². The number of para-hydroxylation sites is 1. The van der Waals surface area contributed by atoms with E-state index in [-0.39, 0.29) is 6.54 Å². The Morgan fingerprint density at radius 3 is 2.15 bits per heavy atom. The molecular weight excluding hydrogens is 170 g/mol. The molecule has 0 atom stereocenters.